The number of non-ortho nitro benzene ring substituents is 1. The van der Waals surface area contributed by atoms with Gasteiger partial charge in [-0.2, -0.15) is 0 Å². The summed E-state index contributed by atoms with van der Waals surface area (Å²) < 4.78 is 28.2. The SMILES string of the molecule is CC[C@@H](C(=O)NC)N(Cc1ccc(Cl)c(Cl)c1)C(=O)CN(c1ccc([N+](=O)[O-])cc1)S(=O)(=O)c1ccccc1. The van der Waals surface area contributed by atoms with E-state index in [1.165, 1.54) is 48.3 Å². The Bertz CT molecular complexity index is 1450. The van der Waals surface area contributed by atoms with E-state index < -0.39 is 39.3 Å². The fraction of sp³-hybridized carbons (Fsp3) is 0.231. The van der Waals surface area contributed by atoms with E-state index in [1.54, 1.807) is 31.2 Å². The molecule has 0 unspecified atom stereocenters. The summed E-state index contributed by atoms with van der Waals surface area (Å²) in [6, 6.07) is 16.2. The zero-order chi connectivity index (χ0) is 28.7. The van der Waals surface area contributed by atoms with Gasteiger partial charge in [-0.1, -0.05) is 54.4 Å². The summed E-state index contributed by atoms with van der Waals surface area (Å²) in [5, 5.41) is 14.3. The highest BCUT2D eigenvalue weighted by Gasteiger charge is 2.33. The number of anilines is 1. The van der Waals surface area contributed by atoms with E-state index in [-0.39, 0.29) is 34.3 Å². The number of sulfonamides is 1. The van der Waals surface area contributed by atoms with E-state index in [0.717, 1.165) is 16.4 Å². The third-order valence-electron chi connectivity index (χ3n) is 5.93. The van der Waals surface area contributed by atoms with Crippen molar-refractivity contribution in [2.45, 2.75) is 30.8 Å². The molecule has 0 radical (unpaired) electrons. The average Bonchev–Trinajstić information content (AvgIpc) is 2.93. The Labute approximate surface area is 236 Å². The van der Waals surface area contributed by atoms with Crippen molar-refractivity contribution in [3.05, 3.63) is 98.5 Å². The van der Waals surface area contributed by atoms with Crippen LogP contribution in [0.4, 0.5) is 11.4 Å². The summed E-state index contributed by atoms with van der Waals surface area (Å²) in [6.45, 7) is 0.995. The molecule has 0 saturated heterocycles. The maximum atomic E-state index is 13.8. The third kappa shape index (κ3) is 7.05. The maximum Gasteiger partial charge on any atom is 0.269 e. The molecule has 1 N–H and O–H groups in total. The summed E-state index contributed by atoms with van der Waals surface area (Å²) in [4.78, 5) is 38.3. The first-order valence-corrected chi connectivity index (χ1v) is 14.0. The Hall–Kier alpha value is -3.67. The quantitative estimate of drug-likeness (QED) is 0.255. The lowest BCUT2D eigenvalue weighted by Crippen LogP contribution is -2.51. The van der Waals surface area contributed by atoms with Gasteiger partial charge in [0.05, 0.1) is 25.6 Å². The van der Waals surface area contributed by atoms with Crippen molar-refractivity contribution in [1.29, 1.82) is 0 Å². The van der Waals surface area contributed by atoms with Crippen LogP contribution in [-0.2, 0) is 26.2 Å². The Kier molecular flexibility index (Phi) is 9.90. The first-order chi connectivity index (χ1) is 18.5. The molecule has 0 bridgehead atoms. The summed E-state index contributed by atoms with van der Waals surface area (Å²) in [5.74, 6) is -1.10. The average molecular weight is 593 g/mol. The molecule has 2 amide bonds. The molecule has 0 aliphatic heterocycles. The number of likely N-dealkylation sites (N-methyl/N-ethyl adjacent to an activating group) is 1. The van der Waals surface area contributed by atoms with Crippen LogP contribution in [0.5, 0.6) is 0 Å². The van der Waals surface area contributed by atoms with Gasteiger partial charge in [0, 0.05) is 25.7 Å². The van der Waals surface area contributed by atoms with Crippen LogP contribution in [0.1, 0.15) is 18.9 Å². The fourth-order valence-electron chi connectivity index (χ4n) is 3.91. The highest BCUT2D eigenvalue weighted by Crippen LogP contribution is 2.28. The van der Waals surface area contributed by atoms with Crippen LogP contribution in [-0.4, -0.2) is 49.7 Å². The number of nitro benzene ring substituents is 1. The number of amides is 2. The van der Waals surface area contributed by atoms with E-state index >= 15 is 0 Å². The Morgan fingerprint density at radius 1 is 1.00 bits per heavy atom. The van der Waals surface area contributed by atoms with Gasteiger partial charge in [-0.15, -0.1) is 0 Å². The number of halogens is 2. The number of nitrogens with one attached hydrogen (secondary N) is 1. The molecular formula is C26H26Cl2N4O6S. The summed E-state index contributed by atoms with van der Waals surface area (Å²) in [7, 11) is -2.84. The lowest BCUT2D eigenvalue weighted by atomic mass is 10.1. The molecule has 0 saturated carbocycles. The zero-order valence-electron chi connectivity index (χ0n) is 21.1. The van der Waals surface area contributed by atoms with Gasteiger partial charge in [0.25, 0.3) is 15.7 Å². The van der Waals surface area contributed by atoms with Crippen LogP contribution in [0, 0.1) is 10.1 Å². The van der Waals surface area contributed by atoms with Crippen molar-refractivity contribution in [2.75, 3.05) is 17.9 Å². The summed E-state index contributed by atoms with van der Waals surface area (Å²) in [5.41, 5.74) is 0.377. The predicted octanol–water partition coefficient (Wildman–Crippen LogP) is 4.65. The first-order valence-electron chi connectivity index (χ1n) is 11.8. The molecule has 0 heterocycles. The van der Waals surface area contributed by atoms with Crippen molar-refractivity contribution < 1.29 is 22.9 Å². The zero-order valence-corrected chi connectivity index (χ0v) is 23.4. The highest BCUT2D eigenvalue weighted by molar-refractivity contribution is 7.92. The highest BCUT2D eigenvalue weighted by atomic mass is 35.5. The molecule has 13 heteroatoms. The molecule has 0 aromatic heterocycles. The van der Waals surface area contributed by atoms with Crippen LogP contribution in [0.15, 0.2) is 77.7 Å². The normalized spacial score (nSPS) is 11.9. The first kappa shape index (κ1) is 29.9. The van der Waals surface area contributed by atoms with Crippen LogP contribution < -0.4 is 9.62 Å². The van der Waals surface area contributed by atoms with E-state index in [4.69, 9.17) is 23.2 Å². The molecular weight excluding hydrogens is 567 g/mol. The van der Waals surface area contributed by atoms with Crippen molar-refractivity contribution in [1.82, 2.24) is 10.2 Å². The second-order valence-corrected chi connectivity index (χ2v) is 11.1. The lowest BCUT2D eigenvalue weighted by molar-refractivity contribution is -0.384. The van der Waals surface area contributed by atoms with Crippen LogP contribution in [0.2, 0.25) is 10.0 Å². The van der Waals surface area contributed by atoms with Gasteiger partial charge in [0.15, 0.2) is 0 Å². The van der Waals surface area contributed by atoms with Crippen molar-refractivity contribution in [3.63, 3.8) is 0 Å². The van der Waals surface area contributed by atoms with Gasteiger partial charge < -0.3 is 10.2 Å². The van der Waals surface area contributed by atoms with E-state index in [0.29, 0.717) is 10.6 Å². The predicted molar refractivity (Wildman–Crippen MR) is 149 cm³/mol. The van der Waals surface area contributed by atoms with Crippen molar-refractivity contribution >= 4 is 56.4 Å². The van der Waals surface area contributed by atoms with Gasteiger partial charge in [-0.25, -0.2) is 8.42 Å². The molecule has 0 aliphatic carbocycles. The molecule has 3 rings (SSSR count). The topological polar surface area (TPSA) is 130 Å². The number of hydrogen-bond donors (Lipinski definition) is 1. The maximum absolute atomic E-state index is 13.8. The number of carbonyl (C=O) groups is 2. The molecule has 3 aromatic rings. The van der Waals surface area contributed by atoms with E-state index in [1.807, 2.05) is 0 Å². The van der Waals surface area contributed by atoms with Gasteiger partial charge in [0.2, 0.25) is 11.8 Å². The number of hydrogen-bond acceptors (Lipinski definition) is 6. The minimum atomic E-state index is -4.28. The monoisotopic (exact) mass is 592 g/mol. The molecule has 1 atom stereocenters. The van der Waals surface area contributed by atoms with Gasteiger partial charge >= 0.3 is 0 Å². The molecule has 0 spiro atoms. The second kappa shape index (κ2) is 12.9. The van der Waals surface area contributed by atoms with Crippen LogP contribution in [0.3, 0.4) is 0 Å². The van der Waals surface area contributed by atoms with E-state index in [9.17, 15) is 28.1 Å². The standard InChI is InChI=1S/C26H26Cl2N4O6S/c1-3-24(26(34)29-2)30(16-18-9-14-22(27)23(28)15-18)25(33)17-31(19-10-12-20(13-11-19)32(35)36)39(37,38)21-7-5-4-6-8-21/h4-15,24H,3,16-17H2,1-2H3,(H,29,34)/t24-/m0/s1. The third-order valence-corrected chi connectivity index (χ3v) is 8.45. The molecule has 39 heavy (non-hydrogen) atoms. The Morgan fingerprint density at radius 2 is 1.64 bits per heavy atom. The Morgan fingerprint density at radius 3 is 2.18 bits per heavy atom. The number of nitrogens with zero attached hydrogens (tertiary/aromatic N) is 3. The minimum Gasteiger partial charge on any atom is -0.357 e. The largest absolute Gasteiger partial charge is 0.357 e. The van der Waals surface area contributed by atoms with Gasteiger partial charge in [0.1, 0.15) is 12.6 Å². The number of nitro groups is 1. The lowest BCUT2D eigenvalue weighted by Gasteiger charge is -2.33. The van der Waals surface area contributed by atoms with E-state index in [2.05, 4.69) is 5.32 Å². The Balaban J connectivity index is 2.07. The minimum absolute atomic E-state index is 0.0419. The molecule has 10 nitrogen and oxygen atoms in total. The van der Waals surface area contributed by atoms with Crippen molar-refractivity contribution in [3.8, 4) is 0 Å². The number of benzene rings is 3. The second-order valence-electron chi connectivity index (χ2n) is 8.41. The number of rotatable bonds is 11. The molecule has 3 aromatic carbocycles. The summed E-state index contributed by atoms with van der Waals surface area (Å²) in [6.07, 6.45) is 0.246. The number of carbonyl (C=O) groups excluding carboxylic acids is 2. The molecule has 0 aliphatic rings. The van der Waals surface area contributed by atoms with Gasteiger partial charge in [-0.3, -0.25) is 24.0 Å². The van der Waals surface area contributed by atoms with Gasteiger partial charge in [-0.05, 0) is 48.4 Å². The van der Waals surface area contributed by atoms with Crippen molar-refractivity contribution in [2.24, 2.45) is 0 Å². The van der Waals surface area contributed by atoms with Crippen LogP contribution in [0.25, 0.3) is 0 Å². The fourth-order valence-corrected chi connectivity index (χ4v) is 5.67. The van der Waals surface area contributed by atoms with Crippen LogP contribution >= 0.6 is 23.2 Å². The smallest absolute Gasteiger partial charge is 0.269 e. The molecule has 206 valence electrons. The summed E-state index contributed by atoms with van der Waals surface area (Å²) >= 11 is 12.2. The molecule has 0 fully saturated rings.